The van der Waals surface area contributed by atoms with Gasteiger partial charge in [0, 0.05) is 30.3 Å². The van der Waals surface area contributed by atoms with Crippen molar-refractivity contribution in [1.82, 2.24) is 9.36 Å². The first kappa shape index (κ1) is 12.4. The number of nitrogens with one attached hydrogen (secondary N) is 1. The van der Waals surface area contributed by atoms with Gasteiger partial charge in [0.25, 0.3) is 0 Å². The molecule has 20 heavy (non-hydrogen) atoms. The van der Waals surface area contributed by atoms with E-state index in [0.717, 1.165) is 37.9 Å². The van der Waals surface area contributed by atoms with Gasteiger partial charge >= 0.3 is 0 Å². The molecular weight excluding hydrogens is 274 g/mol. The number of hydrogen-bond acceptors (Lipinski definition) is 5. The lowest BCUT2D eigenvalue weighted by Crippen LogP contribution is -2.36. The topological polar surface area (TPSA) is 72.0 Å². The number of amides is 1. The van der Waals surface area contributed by atoms with E-state index < -0.39 is 5.41 Å². The third-order valence-electron chi connectivity index (χ3n) is 5.00. The van der Waals surface area contributed by atoms with E-state index in [-0.39, 0.29) is 17.6 Å². The third-order valence-corrected chi connectivity index (χ3v) is 5.65. The van der Waals surface area contributed by atoms with Crippen molar-refractivity contribution < 1.29 is 9.59 Å². The van der Waals surface area contributed by atoms with Crippen molar-refractivity contribution in [2.24, 2.45) is 11.3 Å². The molecule has 0 spiro atoms. The van der Waals surface area contributed by atoms with Crippen molar-refractivity contribution in [1.29, 1.82) is 0 Å². The van der Waals surface area contributed by atoms with E-state index in [1.54, 1.807) is 0 Å². The van der Waals surface area contributed by atoms with E-state index in [1.165, 1.54) is 11.5 Å². The van der Waals surface area contributed by atoms with Gasteiger partial charge in [-0.15, -0.1) is 0 Å². The maximum absolute atomic E-state index is 12.6. The van der Waals surface area contributed by atoms with Crippen molar-refractivity contribution >= 4 is 28.4 Å². The minimum absolute atomic E-state index is 0.00986. The summed E-state index contributed by atoms with van der Waals surface area (Å²) in [5.41, 5.74) is -0.456. The minimum Gasteiger partial charge on any atom is -0.300 e. The second-order valence-electron chi connectivity index (χ2n) is 6.35. The zero-order chi connectivity index (χ0) is 13.7. The van der Waals surface area contributed by atoms with E-state index in [1.807, 2.05) is 0 Å². The lowest BCUT2D eigenvalue weighted by molar-refractivity contribution is -0.128. The molecule has 3 fully saturated rings. The average Bonchev–Trinajstić information content (AvgIpc) is 2.88. The molecule has 5 nitrogen and oxygen atoms in total. The molecular formula is C14H17N3O2S. The van der Waals surface area contributed by atoms with Gasteiger partial charge in [0.15, 0.2) is 0 Å². The summed E-state index contributed by atoms with van der Waals surface area (Å²) in [4.78, 5) is 28.8. The van der Waals surface area contributed by atoms with Crippen LogP contribution >= 0.6 is 11.5 Å². The van der Waals surface area contributed by atoms with Crippen molar-refractivity contribution in [3.8, 4) is 0 Å². The first-order valence-electron chi connectivity index (χ1n) is 7.34. The summed E-state index contributed by atoms with van der Waals surface area (Å²) in [5, 5.41) is 3.52. The maximum atomic E-state index is 12.6. The number of nitrogens with zero attached hydrogens (tertiary/aromatic N) is 2. The van der Waals surface area contributed by atoms with Gasteiger partial charge < -0.3 is 5.32 Å². The molecule has 106 valence electrons. The zero-order valence-electron chi connectivity index (χ0n) is 11.2. The molecule has 1 aromatic rings. The fourth-order valence-electron chi connectivity index (χ4n) is 3.77. The van der Waals surface area contributed by atoms with Crippen LogP contribution < -0.4 is 5.32 Å². The fourth-order valence-corrected chi connectivity index (χ4v) is 4.41. The summed E-state index contributed by atoms with van der Waals surface area (Å²) in [6.07, 6.45) is 6.20. The Kier molecular flexibility index (Phi) is 2.70. The Labute approximate surface area is 121 Å². The Morgan fingerprint density at radius 2 is 2.20 bits per heavy atom. The summed E-state index contributed by atoms with van der Waals surface area (Å²) in [6.45, 7) is 0. The maximum Gasteiger partial charge on any atom is 0.233 e. The number of anilines is 1. The van der Waals surface area contributed by atoms with E-state index in [2.05, 4.69) is 14.7 Å². The van der Waals surface area contributed by atoms with Gasteiger partial charge in [-0.1, -0.05) is 6.42 Å². The molecule has 1 amide bonds. The van der Waals surface area contributed by atoms with E-state index >= 15 is 0 Å². The van der Waals surface area contributed by atoms with Crippen LogP contribution in [0.5, 0.6) is 0 Å². The lowest BCUT2D eigenvalue weighted by Gasteiger charge is -2.26. The van der Waals surface area contributed by atoms with E-state index in [9.17, 15) is 9.59 Å². The Hall–Kier alpha value is -1.30. The number of hydrogen-bond donors (Lipinski definition) is 1. The summed E-state index contributed by atoms with van der Waals surface area (Å²) >= 11 is 1.26. The predicted molar refractivity (Wildman–Crippen MR) is 74.5 cm³/mol. The summed E-state index contributed by atoms with van der Waals surface area (Å²) in [5.74, 6) is 1.84. The van der Waals surface area contributed by atoms with E-state index in [4.69, 9.17) is 0 Å². The van der Waals surface area contributed by atoms with Gasteiger partial charge in [-0.25, -0.2) is 4.98 Å². The number of aromatic nitrogens is 2. The molecule has 6 heteroatoms. The molecule has 0 unspecified atom stereocenters. The average molecular weight is 291 g/mol. The summed E-state index contributed by atoms with van der Waals surface area (Å²) in [6, 6.07) is 0. The van der Waals surface area contributed by atoms with Gasteiger partial charge in [-0.05, 0) is 31.6 Å². The summed E-state index contributed by atoms with van der Waals surface area (Å²) < 4.78 is 4.30. The van der Waals surface area contributed by atoms with E-state index in [0.29, 0.717) is 23.9 Å². The molecule has 4 rings (SSSR count). The van der Waals surface area contributed by atoms with Gasteiger partial charge in [0.2, 0.25) is 11.0 Å². The van der Waals surface area contributed by atoms with Crippen LogP contribution in [0, 0.1) is 11.3 Å². The van der Waals surface area contributed by atoms with Crippen LogP contribution in [0.1, 0.15) is 56.7 Å². The SMILES string of the molecule is O=C1C[C@@H]2CCC[C@]2(C(=O)Nc2nc(C3CC3)ns2)C1. The highest BCUT2D eigenvalue weighted by molar-refractivity contribution is 7.09. The van der Waals surface area contributed by atoms with Crippen molar-refractivity contribution in [2.45, 2.75) is 50.9 Å². The van der Waals surface area contributed by atoms with Crippen LogP contribution in [0.15, 0.2) is 0 Å². The van der Waals surface area contributed by atoms with Crippen LogP contribution in [0.2, 0.25) is 0 Å². The highest BCUT2D eigenvalue weighted by Crippen LogP contribution is 2.53. The van der Waals surface area contributed by atoms with Crippen LogP contribution in [-0.2, 0) is 9.59 Å². The molecule has 0 saturated heterocycles. The second-order valence-corrected chi connectivity index (χ2v) is 7.10. The quantitative estimate of drug-likeness (QED) is 0.928. The third kappa shape index (κ3) is 1.89. The van der Waals surface area contributed by atoms with Crippen LogP contribution in [0.4, 0.5) is 5.13 Å². The highest BCUT2D eigenvalue weighted by Gasteiger charge is 2.54. The Morgan fingerprint density at radius 3 is 3.00 bits per heavy atom. The first-order valence-corrected chi connectivity index (χ1v) is 8.11. The van der Waals surface area contributed by atoms with Crippen LogP contribution in [0.25, 0.3) is 0 Å². The number of carbonyl (C=O) groups is 2. The normalized spacial score (nSPS) is 32.4. The van der Waals surface area contributed by atoms with Crippen molar-refractivity contribution in [2.75, 3.05) is 5.32 Å². The monoisotopic (exact) mass is 291 g/mol. The van der Waals surface area contributed by atoms with Gasteiger partial charge in [0.05, 0.1) is 5.41 Å². The molecule has 2 atom stereocenters. The van der Waals surface area contributed by atoms with Crippen LogP contribution in [-0.4, -0.2) is 21.0 Å². The standard InChI is InChI=1S/C14H17N3O2S/c18-10-6-9-2-1-5-14(9,7-10)12(19)16-13-15-11(17-20-13)8-3-4-8/h8-9H,1-7H2,(H,15,16,17,19)/t9-,14-/m0/s1. The Morgan fingerprint density at radius 1 is 1.35 bits per heavy atom. The molecule has 0 aliphatic heterocycles. The molecule has 0 bridgehead atoms. The molecule has 1 aromatic heterocycles. The first-order chi connectivity index (χ1) is 9.67. The molecule has 3 aliphatic rings. The number of rotatable bonds is 3. The smallest absolute Gasteiger partial charge is 0.233 e. The van der Waals surface area contributed by atoms with Crippen LogP contribution in [0.3, 0.4) is 0 Å². The molecule has 0 radical (unpaired) electrons. The molecule has 3 aliphatic carbocycles. The predicted octanol–water partition coefficient (Wildman–Crippen LogP) is 2.50. The molecule has 0 aromatic carbocycles. The second kappa shape index (κ2) is 4.35. The molecule has 1 heterocycles. The Balaban J connectivity index is 1.52. The Bertz CT molecular complexity index is 581. The molecule has 1 N–H and O–H groups in total. The van der Waals surface area contributed by atoms with Gasteiger partial charge in [-0.3, -0.25) is 9.59 Å². The summed E-state index contributed by atoms with van der Waals surface area (Å²) in [7, 11) is 0. The lowest BCUT2D eigenvalue weighted by atomic mass is 9.79. The number of carbonyl (C=O) groups excluding carboxylic acids is 2. The van der Waals surface area contributed by atoms with Crippen molar-refractivity contribution in [3.05, 3.63) is 5.82 Å². The highest BCUT2D eigenvalue weighted by atomic mass is 32.1. The number of fused-ring (bicyclic) bond motifs is 1. The van der Waals surface area contributed by atoms with Crippen molar-refractivity contribution in [3.63, 3.8) is 0 Å². The largest absolute Gasteiger partial charge is 0.300 e. The fraction of sp³-hybridized carbons (Fsp3) is 0.714. The van der Waals surface area contributed by atoms with Gasteiger partial charge in [-0.2, -0.15) is 4.37 Å². The number of ketones is 1. The zero-order valence-corrected chi connectivity index (χ0v) is 12.0. The molecule has 3 saturated carbocycles. The van der Waals surface area contributed by atoms with Gasteiger partial charge in [0.1, 0.15) is 11.6 Å². The minimum atomic E-state index is -0.456. The number of Topliss-reactive ketones (excluding diaryl/α,β-unsaturated/α-hetero) is 1.